The molecule has 0 heteroatoms. The lowest BCUT2D eigenvalue weighted by atomic mass is 9.80. The van der Waals surface area contributed by atoms with Crippen LogP contribution in [0.25, 0.3) is 11.1 Å². The molecule has 2 rings (SSSR count). The van der Waals surface area contributed by atoms with Crippen LogP contribution < -0.4 is 0 Å². The standard InChI is InChI=1S/C32H50/c1-8-12-17-25(15-10-3)27-19-14-20-28(21-27)30-22-29(23-31(24-30)32(5,6)7)26(16-11-4)18-13-9-2/h14,19-26H,8-13,15-18H2,1-7H3. The first-order chi connectivity index (χ1) is 15.3. The Labute approximate surface area is 200 Å². The predicted octanol–water partition coefficient (Wildman–Crippen LogP) is 10.8. The van der Waals surface area contributed by atoms with E-state index in [1.54, 1.807) is 5.56 Å². The highest BCUT2D eigenvalue weighted by molar-refractivity contribution is 5.67. The predicted molar refractivity (Wildman–Crippen MR) is 145 cm³/mol. The summed E-state index contributed by atoms with van der Waals surface area (Å²) in [6.07, 6.45) is 13.0. The van der Waals surface area contributed by atoms with Gasteiger partial charge in [-0.3, -0.25) is 0 Å². The number of rotatable bonds is 13. The third-order valence-electron chi connectivity index (χ3n) is 7.07. The molecule has 0 heterocycles. The fourth-order valence-corrected chi connectivity index (χ4v) is 5.01. The molecule has 2 atom stereocenters. The fraction of sp³-hybridized carbons (Fsp3) is 0.625. The normalized spacial score (nSPS) is 13.8. The molecule has 0 bridgehead atoms. The maximum absolute atomic E-state index is 2.52. The van der Waals surface area contributed by atoms with Crippen LogP contribution in [-0.4, -0.2) is 0 Å². The molecule has 0 saturated heterocycles. The summed E-state index contributed by atoms with van der Waals surface area (Å²) in [7, 11) is 0. The van der Waals surface area contributed by atoms with Crippen molar-refractivity contribution in [2.45, 2.75) is 130 Å². The Morgan fingerprint density at radius 2 is 1.16 bits per heavy atom. The SMILES string of the molecule is CCCCC(CCC)c1cccc(-c2cc(C(CCC)CCCC)cc(C(C)(C)C)c2)c1. The van der Waals surface area contributed by atoms with Gasteiger partial charge in [-0.2, -0.15) is 0 Å². The summed E-state index contributed by atoms with van der Waals surface area (Å²) in [5.41, 5.74) is 7.55. The van der Waals surface area contributed by atoms with Gasteiger partial charge in [-0.05, 0) is 70.8 Å². The molecule has 0 radical (unpaired) electrons. The van der Waals surface area contributed by atoms with Gasteiger partial charge in [-0.15, -0.1) is 0 Å². The molecule has 0 spiro atoms. The highest BCUT2D eigenvalue weighted by Gasteiger charge is 2.20. The van der Waals surface area contributed by atoms with E-state index in [1.165, 1.54) is 86.5 Å². The van der Waals surface area contributed by atoms with Gasteiger partial charge in [0, 0.05) is 0 Å². The van der Waals surface area contributed by atoms with Gasteiger partial charge in [0.1, 0.15) is 0 Å². The molecule has 2 unspecified atom stereocenters. The molecule has 0 amide bonds. The van der Waals surface area contributed by atoms with E-state index in [9.17, 15) is 0 Å². The summed E-state index contributed by atoms with van der Waals surface area (Å²) in [5, 5.41) is 0. The zero-order chi connectivity index (χ0) is 23.6. The average Bonchev–Trinajstić information content (AvgIpc) is 2.78. The number of benzene rings is 2. The molecule has 0 N–H and O–H groups in total. The Balaban J connectivity index is 2.51. The van der Waals surface area contributed by atoms with Crippen molar-refractivity contribution in [2.24, 2.45) is 0 Å². The smallest absolute Gasteiger partial charge is 0.0132 e. The van der Waals surface area contributed by atoms with Gasteiger partial charge in [0.05, 0.1) is 0 Å². The quantitative estimate of drug-likeness (QED) is 0.294. The van der Waals surface area contributed by atoms with Gasteiger partial charge in [-0.25, -0.2) is 0 Å². The van der Waals surface area contributed by atoms with Crippen molar-refractivity contribution < 1.29 is 0 Å². The van der Waals surface area contributed by atoms with Crippen LogP contribution in [0.3, 0.4) is 0 Å². The zero-order valence-corrected chi connectivity index (χ0v) is 22.3. The van der Waals surface area contributed by atoms with Gasteiger partial charge in [-0.1, -0.05) is 129 Å². The molecule has 0 aliphatic heterocycles. The molecule has 2 aromatic carbocycles. The van der Waals surface area contributed by atoms with Crippen LogP contribution in [-0.2, 0) is 5.41 Å². The Kier molecular flexibility index (Phi) is 11.0. The van der Waals surface area contributed by atoms with E-state index >= 15 is 0 Å². The molecular weight excluding hydrogens is 384 g/mol. The Hall–Kier alpha value is -1.56. The highest BCUT2D eigenvalue weighted by Crippen LogP contribution is 2.36. The second-order valence-corrected chi connectivity index (χ2v) is 11.0. The minimum atomic E-state index is 0.162. The summed E-state index contributed by atoms with van der Waals surface area (Å²) in [4.78, 5) is 0. The Morgan fingerprint density at radius 3 is 1.69 bits per heavy atom. The van der Waals surface area contributed by atoms with Crippen LogP contribution in [0.15, 0.2) is 42.5 Å². The van der Waals surface area contributed by atoms with E-state index < -0.39 is 0 Å². The maximum atomic E-state index is 2.52. The fourth-order valence-electron chi connectivity index (χ4n) is 5.01. The van der Waals surface area contributed by atoms with Crippen molar-refractivity contribution >= 4 is 0 Å². The average molecular weight is 435 g/mol. The molecule has 0 aliphatic rings. The van der Waals surface area contributed by atoms with Gasteiger partial charge in [0.2, 0.25) is 0 Å². The van der Waals surface area contributed by atoms with E-state index in [2.05, 4.69) is 90.9 Å². The third-order valence-corrected chi connectivity index (χ3v) is 7.07. The lowest BCUT2D eigenvalue weighted by Crippen LogP contribution is -2.12. The first-order valence-electron chi connectivity index (χ1n) is 13.6. The topological polar surface area (TPSA) is 0 Å². The van der Waals surface area contributed by atoms with E-state index in [-0.39, 0.29) is 5.41 Å². The Bertz CT molecular complexity index is 792. The van der Waals surface area contributed by atoms with Gasteiger partial charge in [0.15, 0.2) is 0 Å². The van der Waals surface area contributed by atoms with Crippen LogP contribution in [0.1, 0.15) is 141 Å². The summed E-state index contributed by atoms with van der Waals surface area (Å²) in [5.74, 6) is 1.38. The van der Waals surface area contributed by atoms with Crippen molar-refractivity contribution in [1.82, 2.24) is 0 Å². The molecule has 0 nitrogen and oxygen atoms in total. The van der Waals surface area contributed by atoms with Crippen LogP contribution >= 0.6 is 0 Å². The lowest BCUT2D eigenvalue weighted by molar-refractivity contribution is 0.536. The molecule has 178 valence electrons. The summed E-state index contributed by atoms with van der Waals surface area (Å²) < 4.78 is 0. The van der Waals surface area contributed by atoms with Crippen molar-refractivity contribution in [3.8, 4) is 11.1 Å². The molecule has 0 saturated carbocycles. The summed E-state index contributed by atoms with van der Waals surface area (Å²) in [6, 6.07) is 17.0. The van der Waals surface area contributed by atoms with Crippen molar-refractivity contribution in [3.05, 3.63) is 59.2 Å². The third kappa shape index (κ3) is 7.79. The largest absolute Gasteiger partial charge is 0.0654 e. The molecule has 0 aromatic heterocycles. The number of hydrogen-bond acceptors (Lipinski definition) is 0. The monoisotopic (exact) mass is 434 g/mol. The van der Waals surface area contributed by atoms with Crippen molar-refractivity contribution in [2.75, 3.05) is 0 Å². The first-order valence-corrected chi connectivity index (χ1v) is 13.6. The highest BCUT2D eigenvalue weighted by atomic mass is 14.2. The molecule has 32 heavy (non-hydrogen) atoms. The van der Waals surface area contributed by atoms with Gasteiger partial charge >= 0.3 is 0 Å². The molecule has 0 aliphatic carbocycles. The zero-order valence-electron chi connectivity index (χ0n) is 22.3. The van der Waals surface area contributed by atoms with Gasteiger partial charge < -0.3 is 0 Å². The molecular formula is C32H50. The van der Waals surface area contributed by atoms with Crippen molar-refractivity contribution in [3.63, 3.8) is 0 Å². The van der Waals surface area contributed by atoms with E-state index in [0.29, 0.717) is 11.8 Å². The summed E-state index contributed by atoms with van der Waals surface area (Å²) in [6.45, 7) is 16.4. The second-order valence-electron chi connectivity index (χ2n) is 11.0. The number of hydrogen-bond donors (Lipinski definition) is 0. The van der Waals surface area contributed by atoms with Crippen LogP contribution in [0, 0.1) is 0 Å². The van der Waals surface area contributed by atoms with E-state index in [0.717, 1.165) is 0 Å². The van der Waals surface area contributed by atoms with E-state index in [1.807, 2.05) is 0 Å². The molecule has 0 fully saturated rings. The van der Waals surface area contributed by atoms with Crippen LogP contribution in [0.4, 0.5) is 0 Å². The van der Waals surface area contributed by atoms with Crippen LogP contribution in [0.5, 0.6) is 0 Å². The Morgan fingerprint density at radius 1 is 0.594 bits per heavy atom. The minimum absolute atomic E-state index is 0.162. The summed E-state index contributed by atoms with van der Waals surface area (Å²) >= 11 is 0. The lowest BCUT2D eigenvalue weighted by Gasteiger charge is -2.25. The second kappa shape index (κ2) is 13.2. The number of unbranched alkanes of at least 4 members (excludes halogenated alkanes) is 2. The maximum Gasteiger partial charge on any atom is -0.0132 e. The van der Waals surface area contributed by atoms with Crippen molar-refractivity contribution in [1.29, 1.82) is 0 Å². The minimum Gasteiger partial charge on any atom is -0.0654 e. The molecule has 2 aromatic rings. The van der Waals surface area contributed by atoms with E-state index in [4.69, 9.17) is 0 Å². The first kappa shape index (κ1) is 26.7. The van der Waals surface area contributed by atoms with Gasteiger partial charge in [0.25, 0.3) is 0 Å². The van der Waals surface area contributed by atoms with Crippen LogP contribution in [0.2, 0.25) is 0 Å².